The van der Waals surface area contributed by atoms with Gasteiger partial charge < -0.3 is 0 Å². The lowest BCUT2D eigenvalue weighted by Crippen LogP contribution is -1.73. The van der Waals surface area contributed by atoms with E-state index in [0.717, 1.165) is 38.7 Å². The average molecular weight is 385 g/mol. The van der Waals surface area contributed by atoms with Crippen LogP contribution in [0.5, 0.6) is 0 Å². The third kappa shape index (κ3) is 4.24. The van der Waals surface area contributed by atoms with Crippen LogP contribution in [0, 0.1) is 13.8 Å². The molecule has 3 aromatic heterocycles. The van der Waals surface area contributed by atoms with Crippen molar-refractivity contribution in [1.29, 1.82) is 0 Å². The van der Waals surface area contributed by atoms with Crippen molar-refractivity contribution < 1.29 is 0 Å². The fourth-order valence-corrected chi connectivity index (χ4v) is 2.74. The van der Waals surface area contributed by atoms with Crippen molar-refractivity contribution in [3.8, 4) is 0 Å². The van der Waals surface area contributed by atoms with Crippen LogP contribution in [0.3, 0.4) is 0 Å². The number of hydrogen-bond acceptors (Lipinski definition) is 6. The van der Waals surface area contributed by atoms with E-state index >= 15 is 0 Å². The molecule has 9 nitrogen and oxygen atoms in total. The number of fused-ring (bicyclic) bond motifs is 3. The van der Waals surface area contributed by atoms with Crippen molar-refractivity contribution in [1.82, 2.24) is 46.2 Å². The quantitative estimate of drug-likeness (QED) is 0.367. The maximum Gasteiger partial charge on any atom is 0.115 e. The van der Waals surface area contributed by atoms with Gasteiger partial charge in [0.2, 0.25) is 0 Å². The summed E-state index contributed by atoms with van der Waals surface area (Å²) in [5.41, 5.74) is 7.94. The molecule has 0 aliphatic heterocycles. The standard InChI is InChI=1S/2C7H7N3.C6H5N3/c1-5-2-3-6-7(4-5)9-10-8-6;1-5-3-2-4-6-7(5)9-10-8-6;1-2-4-6-5(3-1)7-9-8-6/h2*2-4H,1H3,(H,8,9,10);1-4H,(H,7,8,9). The van der Waals surface area contributed by atoms with Crippen LogP contribution >= 0.6 is 0 Å². The number of nitrogens with one attached hydrogen (secondary N) is 3. The lowest BCUT2D eigenvalue weighted by Gasteiger charge is -1.88. The van der Waals surface area contributed by atoms with Crippen LogP contribution in [-0.2, 0) is 0 Å². The van der Waals surface area contributed by atoms with Gasteiger partial charge in [-0.3, -0.25) is 0 Å². The van der Waals surface area contributed by atoms with Crippen molar-refractivity contribution >= 4 is 33.1 Å². The number of H-pyrrole nitrogens is 3. The third-order valence-corrected chi connectivity index (χ3v) is 4.24. The minimum Gasteiger partial charge on any atom is -0.197 e. The molecule has 3 N–H and O–H groups in total. The first-order valence-electron chi connectivity index (χ1n) is 8.99. The maximum absolute atomic E-state index is 3.98. The molecule has 0 unspecified atom stereocenters. The van der Waals surface area contributed by atoms with Gasteiger partial charge in [-0.2, -0.15) is 46.2 Å². The van der Waals surface area contributed by atoms with E-state index in [-0.39, 0.29) is 0 Å². The number of rotatable bonds is 0. The molecule has 6 aromatic rings. The summed E-state index contributed by atoms with van der Waals surface area (Å²) in [7, 11) is 0. The Hall–Kier alpha value is -4.14. The topological polar surface area (TPSA) is 125 Å². The summed E-state index contributed by atoms with van der Waals surface area (Å²) in [5.74, 6) is 0. The summed E-state index contributed by atoms with van der Waals surface area (Å²) < 4.78 is 0. The van der Waals surface area contributed by atoms with Crippen molar-refractivity contribution in [2.45, 2.75) is 13.8 Å². The highest BCUT2D eigenvalue weighted by Gasteiger charge is 1.97. The summed E-state index contributed by atoms with van der Waals surface area (Å²) in [6.45, 7) is 4.05. The largest absolute Gasteiger partial charge is 0.197 e. The van der Waals surface area contributed by atoms with E-state index in [1.165, 1.54) is 5.56 Å². The van der Waals surface area contributed by atoms with E-state index in [0.29, 0.717) is 0 Å². The van der Waals surface area contributed by atoms with Gasteiger partial charge in [-0.15, -0.1) is 0 Å². The monoisotopic (exact) mass is 385 g/mol. The Morgan fingerprint density at radius 3 is 1.76 bits per heavy atom. The van der Waals surface area contributed by atoms with E-state index in [1.807, 2.05) is 74.5 Å². The van der Waals surface area contributed by atoms with Crippen molar-refractivity contribution in [2.75, 3.05) is 0 Å². The molecule has 9 heteroatoms. The molecular formula is C20H19N9. The second kappa shape index (κ2) is 8.26. The predicted molar refractivity (Wildman–Crippen MR) is 111 cm³/mol. The first kappa shape index (κ1) is 18.2. The second-order valence-electron chi connectivity index (χ2n) is 6.39. The average Bonchev–Trinajstić information content (AvgIpc) is 3.49. The van der Waals surface area contributed by atoms with Crippen LogP contribution in [0.25, 0.3) is 33.1 Å². The van der Waals surface area contributed by atoms with E-state index in [2.05, 4.69) is 46.2 Å². The van der Waals surface area contributed by atoms with E-state index in [4.69, 9.17) is 0 Å². The summed E-state index contributed by atoms with van der Waals surface area (Å²) in [6, 6.07) is 19.6. The molecule has 0 aliphatic carbocycles. The molecule has 0 aliphatic rings. The number of aromatic nitrogens is 9. The van der Waals surface area contributed by atoms with E-state index in [1.54, 1.807) is 0 Å². The minimum absolute atomic E-state index is 0.914. The van der Waals surface area contributed by atoms with Crippen molar-refractivity contribution in [3.05, 3.63) is 71.8 Å². The van der Waals surface area contributed by atoms with Crippen LogP contribution in [0.15, 0.2) is 60.7 Å². The predicted octanol–water partition coefficient (Wildman–Crippen LogP) is 3.49. The van der Waals surface area contributed by atoms with Crippen LogP contribution < -0.4 is 0 Å². The smallest absolute Gasteiger partial charge is 0.115 e. The van der Waals surface area contributed by atoms with Gasteiger partial charge >= 0.3 is 0 Å². The Bertz CT molecular complexity index is 1310. The van der Waals surface area contributed by atoms with Gasteiger partial charge in [-0.25, -0.2) is 0 Å². The number of aryl methyl sites for hydroxylation is 2. The molecule has 6 rings (SSSR count). The molecule has 29 heavy (non-hydrogen) atoms. The van der Waals surface area contributed by atoms with Crippen LogP contribution in [0.2, 0.25) is 0 Å². The molecular weight excluding hydrogens is 366 g/mol. The van der Waals surface area contributed by atoms with Gasteiger partial charge in [0.25, 0.3) is 0 Å². The minimum atomic E-state index is 0.914. The van der Waals surface area contributed by atoms with E-state index < -0.39 is 0 Å². The van der Waals surface area contributed by atoms with Crippen molar-refractivity contribution in [2.24, 2.45) is 0 Å². The molecule has 144 valence electrons. The lowest BCUT2D eigenvalue weighted by atomic mass is 10.2. The normalized spacial score (nSPS) is 10.4. The lowest BCUT2D eigenvalue weighted by molar-refractivity contribution is 0.958. The maximum atomic E-state index is 3.98. The molecule has 0 bridgehead atoms. The molecule has 3 aromatic carbocycles. The third-order valence-electron chi connectivity index (χ3n) is 4.24. The molecule has 0 saturated carbocycles. The molecule has 3 heterocycles. The molecule has 0 radical (unpaired) electrons. The second-order valence-corrected chi connectivity index (χ2v) is 6.39. The zero-order valence-corrected chi connectivity index (χ0v) is 16.0. The van der Waals surface area contributed by atoms with Gasteiger partial charge in [-0.1, -0.05) is 30.3 Å². The Morgan fingerprint density at radius 2 is 1.07 bits per heavy atom. The number of aromatic amines is 3. The Labute approximate surface area is 165 Å². The molecule has 0 amide bonds. The first-order chi connectivity index (χ1) is 14.2. The van der Waals surface area contributed by atoms with Gasteiger partial charge in [0, 0.05) is 0 Å². The highest BCUT2D eigenvalue weighted by molar-refractivity contribution is 5.76. The molecule has 0 fully saturated rings. The number of para-hydroxylation sites is 3. The summed E-state index contributed by atoms with van der Waals surface area (Å²) in [4.78, 5) is 0. The van der Waals surface area contributed by atoms with Gasteiger partial charge in [0.15, 0.2) is 0 Å². The summed E-state index contributed by atoms with van der Waals surface area (Å²) in [5, 5.41) is 31.2. The fourth-order valence-electron chi connectivity index (χ4n) is 2.74. The highest BCUT2D eigenvalue weighted by atomic mass is 15.3. The zero-order valence-electron chi connectivity index (χ0n) is 16.0. The van der Waals surface area contributed by atoms with Crippen molar-refractivity contribution in [3.63, 3.8) is 0 Å². The highest BCUT2D eigenvalue weighted by Crippen LogP contribution is 2.11. The summed E-state index contributed by atoms with van der Waals surface area (Å²) >= 11 is 0. The number of hydrogen-bond donors (Lipinski definition) is 3. The van der Waals surface area contributed by atoms with Gasteiger partial charge in [-0.05, 0) is 55.3 Å². The number of nitrogens with zero attached hydrogens (tertiary/aromatic N) is 6. The Balaban J connectivity index is 0.000000106. The van der Waals surface area contributed by atoms with Crippen LogP contribution in [-0.4, -0.2) is 46.2 Å². The Morgan fingerprint density at radius 1 is 0.517 bits per heavy atom. The number of benzene rings is 3. The van der Waals surface area contributed by atoms with Crippen LogP contribution in [0.1, 0.15) is 11.1 Å². The molecule has 0 atom stereocenters. The van der Waals surface area contributed by atoms with Gasteiger partial charge in [0.1, 0.15) is 33.1 Å². The van der Waals surface area contributed by atoms with E-state index in [9.17, 15) is 0 Å². The fraction of sp³-hybridized carbons (Fsp3) is 0.100. The van der Waals surface area contributed by atoms with Crippen LogP contribution in [0.4, 0.5) is 0 Å². The molecule has 0 saturated heterocycles. The SMILES string of the molecule is Cc1ccc2n[nH]nc2c1.Cc1cccc2n[nH]nc12.c1ccc2n[nH]nc2c1. The summed E-state index contributed by atoms with van der Waals surface area (Å²) in [6.07, 6.45) is 0. The zero-order chi connectivity index (χ0) is 20.1. The van der Waals surface area contributed by atoms with Gasteiger partial charge in [0.05, 0.1) is 0 Å². The molecule has 0 spiro atoms. The Kier molecular flexibility index (Phi) is 5.19. The first-order valence-corrected chi connectivity index (χ1v) is 8.99.